The summed E-state index contributed by atoms with van der Waals surface area (Å²) >= 11 is 0. The van der Waals surface area contributed by atoms with Crippen LogP contribution in [0.2, 0.25) is 0 Å². The molecule has 2 amide bonds. The predicted octanol–water partition coefficient (Wildman–Crippen LogP) is 0.227. The van der Waals surface area contributed by atoms with Gasteiger partial charge in [0, 0.05) is 6.54 Å². The zero-order chi connectivity index (χ0) is 5.70. The molecule has 0 saturated carbocycles. The van der Waals surface area contributed by atoms with Gasteiger partial charge >= 0.3 is 6.03 Å². The molecule has 0 radical (unpaired) electrons. The van der Waals surface area contributed by atoms with Crippen LogP contribution in [0.25, 0.3) is 0 Å². The summed E-state index contributed by atoms with van der Waals surface area (Å²) in [6, 6.07) is -0.443. The molecule has 0 bridgehead atoms. The highest BCUT2D eigenvalue weighted by Crippen LogP contribution is 1.66. The minimum absolute atomic E-state index is 0. The number of carbonyl (C=O) groups is 1. The Bertz CT molecular complexity index is 64.3. The van der Waals surface area contributed by atoms with Crippen LogP contribution in [0.3, 0.4) is 0 Å². The lowest BCUT2D eigenvalue weighted by atomic mass is 10.5. The molecular weight excluding hydrogens is 106 g/mol. The van der Waals surface area contributed by atoms with Crippen molar-refractivity contribution in [3.05, 3.63) is 0 Å². The first-order chi connectivity index (χ1) is 3.27. The highest BCUT2D eigenvalue weighted by Gasteiger charge is 1.83. The molecule has 0 saturated heterocycles. The fourth-order valence-corrected chi connectivity index (χ4v) is 0.248. The normalized spacial score (nSPS) is 7.12. The molecule has 0 aromatic heterocycles. The Kier molecular flexibility index (Phi) is 7.99. The summed E-state index contributed by atoms with van der Waals surface area (Å²) in [6.45, 7) is 2.64. The van der Waals surface area contributed by atoms with Crippen LogP contribution in [-0.2, 0) is 0 Å². The average Bonchev–Trinajstić information content (AvgIpc) is 1.61. The van der Waals surface area contributed by atoms with Crippen LogP contribution in [0.4, 0.5) is 4.79 Å². The van der Waals surface area contributed by atoms with Crippen LogP contribution < -0.4 is 17.2 Å². The first-order valence-electron chi connectivity index (χ1n) is 2.30. The van der Waals surface area contributed by atoms with Crippen molar-refractivity contribution in [2.24, 2.45) is 5.73 Å². The molecule has 0 aliphatic rings. The fraction of sp³-hybridized carbons (Fsp3) is 0.750. The third-order valence-corrected chi connectivity index (χ3v) is 0.549. The molecule has 4 heteroatoms. The Morgan fingerprint density at radius 3 is 2.38 bits per heavy atom. The SMILES string of the molecule is CCCNC(N)=O.N. The van der Waals surface area contributed by atoms with E-state index >= 15 is 0 Å². The Labute approximate surface area is 49.0 Å². The van der Waals surface area contributed by atoms with E-state index in [1.807, 2.05) is 6.92 Å². The molecule has 0 atom stereocenters. The second-order valence-electron chi connectivity index (χ2n) is 1.29. The predicted molar refractivity (Wildman–Crippen MR) is 32.9 cm³/mol. The minimum Gasteiger partial charge on any atom is -0.352 e. The number of urea groups is 1. The van der Waals surface area contributed by atoms with Crippen molar-refractivity contribution >= 4 is 6.03 Å². The van der Waals surface area contributed by atoms with Gasteiger partial charge in [0.15, 0.2) is 0 Å². The lowest BCUT2D eigenvalue weighted by Crippen LogP contribution is -2.29. The summed E-state index contributed by atoms with van der Waals surface area (Å²) in [5.74, 6) is 0. The summed E-state index contributed by atoms with van der Waals surface area (Å²) in [5, 5.41) is 2.43. The van der Waals surface area contributed by atoms with Crippen molar-refractivity contribution in [3.63, 3.8) is 0 Å². The van der Waals surface area contributed by atoms with E-state index in [1.54, 1.807) is 0 Å². The van der Waals surface area contributed by atoms with Crippen molar-refractivity contribution in [3.8, 4) is 0 Å². The van der Waals surface area contributed by atoms with Crippen molar-refractivity contribution in [1.29, 1.82) is 0 Å². The van der Waals surface area contributed by atoms with Crippen molar-refractivity contribution < 1.29 is 4.79 Å². The Morgan fingerprint density at radius 2 is 2.25 bits per heavy atom. The Morgan fingerprint density at radius 1 is 1.75 bits per heavy atom. The molecule has 50 valence electrons. The van der Waals surface area contributed by atoms with Crippen LogP contribution in [0.15, 0.2) is 0 Å². The summed E-state index contributed by atoms with van der Waals surface area (Å²) in [7, 11) is 0. The molecule has 8 heavy (non-hydrogen) atoms. The molecule has 6 N–H and O–H groups in total. The summed E-state index contributed by atoms with van der Waals surface area (Å²) in [5.41, 5.74) is 4.73. The Balaban J connectivity index is 0. The van der Waals surface area contributed by atoms with Crippen LogP contribution in [-0.4, -0.2) is 12.6 Å². The van der Waals surface area contributed by atoms with Crippen molar-refractivity contribution in [2.45, 2.75) is 13.3 Å². The summed E-state index contributed by atoms with van der Waals surface area (Å²) < 4.78 is 0. The van der Waals surface area contributed by atoms with Gasteiger partial charge in [0.25, 0.3) is 0 Å². The van der Waals surface area contributed by atoms with E-state index in [9.17, 15) is 4.79 Å². The van der Waals surface area contributed by atoms with Crippen molar-refractivity contribution in [2.75, 3.05) is 6.54 Å². The van der Waals surface area contributed by atoms with Gasteiger partial charge in [-0.1, -0.05) is 6.92 Å². The lowest BCUT2D eigenvalue weighted by molar-refractivity contribution is 0.249. The molecule has 0 aliphatic carbocycles. The standard InChI is InChI=1S/C4H10N2O.H3N/c1-2-3-6-4(5)7;/h2-3H2,1H3,(H3,5,6,7);1H3. The topological polar surface area (TPSA) is 90.1 Å². The molecule has 0 rings (SSSR count). The van der Waals surface area contributed by atoms with Gasteiger partial charge in [0.2, 0.25) is 0 Å². The first kappa shape index (κ1) is 10.3. The van der Waals surface area contributed by atoms with E-state index in [-0.39, 0.29) is 6.15 Å². The van der Waals surface area contributed by atoms with E-state index in [2.05, 4.69) is 5.32 Å². The lowest BCUT2D eigenvalue weighted by Gasteiger charge is -1.93. The maximum absolute atomic E-state index is 9.87. The molecule has 0 aromatic carbocycles. The number of carbonyl (C=O) groups excluding carboxylic acids is 1. The largest absolute Gasteiger partial charge is 0.352 e. The molecular formula is C4H13N3O. The van der Waals surface area contributed by atoms with Crippen LogP contribution in [0, 0.1) is 0 Å². The molecule has 0 fully saturated rings. The smallest absolute Gasteiger partial charge is 0.312 e. The van der Waals surface area contributed by atoms with Crippen molar-refractivity contribution in [1.82, 2.24) is 11.5 Å². The number of amides is 2. The average molecular weight is 119 g/mol. The molecule has 0 heterocycles. The third kappa shape index (κ3) is 8.97. The molecule has 4 nitrogen and oxygen atoms in total. The van der Waals surface area contributed by atoms with Gasteiger partial charge in [-0.15, -0.1) is 0 Å². The van der Waals surface area contributed by atoms with Gasteiger partial charge in [0.1, 0.15) is 0 Å². The number of rotatable bonds is 2. The molecule has 0 unspecified atom stereocenters. The zero-order valence-corrected chi connectivity index (χ0v) is 5.11. The van der Waals surface area contributed by atoms with Crippen LogP contribution >= 0.6 is 0 Å². The maximum Gasteiger partial charge on any atom is 0.312 e. The summed E-state index contributed by atoms with van der Waals surface area (Å²) in [4.78, 5) is 9.87. The van der Waals surface area contributed by atoms with Gasteiger partial charge in [-0.05, 0) is 6.42 Å². The quantitative estimate of drug-likeness (QED) is 0.485. The monoisotopic (exact) mass is 119 g/mol. The van der Waals surface area contributed by atoms with Crippen LogP contribution in [0.5, 0.6) is 0 Å². The number of primary amides is 1. The summed E-state index contributed by atoms with van der Waals surface area (Å²) in [6.07, 6.45) is 0.933. The Hall–Kier alpha value is -0.770. The number of hydrogen-bond acceptors (Lipinski definition) is 2. The second kappa shape index (κ2) is 6.23. The van der Waals surface area contributed by atoms with E-state index in [1.165, 1.54) is 0 Å². The molecule has 0 aliphatic heterocycles. The third-order valence-electron chi connectivity index (χ3n) is 0.549. The van der Waals surface area contributed by atoms with Crippen LogP contribution in [0.1, 0.15) is 13.3 Å². The van der Waals surface area contributed by atoms with Gasteiger partial charge in [-0.3, -0.25) is 0 Å². The van der Waals surface area contributed by atoms with Gasteiger partial charge in [-0.2, -0.15) is 0 Å². The first-order valence-corrected chi connectivity index (χ1v) is 2.30. The van der Waals surface area contributed by atoms with Gasteiger partial charge in [-0.25, -0.2) is 4.79 Å². The van der Waals surface area contributed by atoms with Gasteiger partial charge < -0.3 is 17.2 Å². The number of nitrogens with two attached hydrogens (primary N) is 1. The van der Waals surface area contributed by atoms with E-state index in [4.69, 9.17) is 5.73 Å². The highest BCUT2D eigenvalue weighted by molar-refractivity contribution is 5.71. The molecule has 0 spiro atoms. The fourth-order valence-electron chi connectivity index (χ4n) is 0.248. The number of nitrogens with one attached hydrogen (secondary N) is 1. The zero-order valence-electron chi connectivity index (χ0n) is 5.11. The minimum atomic E-state index is -0.443. The maximum atomic E-state index is 9.87. The van der Waals surface area contributed by atoms with E-state index in [0.29, 0.717) is 6.54 Å². The van der Waals surface area contributed by atoms with E-state index < -0.39 is 6.03 Å². The van der Waals surface area contributed by atoms with E-state index in [0.717, 1.165) is 6.42 Å². The number of hydrogen-bond donors (Lipinski definition) is 3. The highest BCUT2D eigenvalue weighted by atomic mass is 16.2. The van der Waals surface area contributed by atoms with Gasteiger partial charge in [0.05, 0.1) is 0 Å². The molecule has 0 aromatic rings. The second-order valence-corrected chi connectivity index (χ2v) is 1.29.